The number of hydrogen-bond acceptors (Lipinski definition) is 6. The molecule has 0 radical (unpaired) electrons. The van der Waals surface area contributed by atoms with E-state index < -0.39 is 29.7 Å². The summed E-state index contributed by atoms with van der Waals surface area (Å²) in [6.45, 7) is 4.77. The summed E-state index contributed by atoms with van der Waals surface area (Å²) in [6.07, 6.45) is 3.42. The van der Waals surface area contributed by atoms with Gasteiger partial charge in [-0.1, -0.05) is 19.8 Å². The molecule has 0 spiro atoms. The maximum atomic E-state index is 12.1. The van der Waals surface area contributed by atoms with Gasteiger partial charge in [-0.05, 0) is 32.7 Å². The van der Waals surface area contributed by atoms with E-state index in [1.165, 1.54) is 10.8 Å². The molecule has 1 aromatic heterocycles. The van der Waals surface area contributed by atoms with Gasteiger partial charge in [0.25, 0.3) is 5.56 Å². The van der Waals surface area contributed by atoms with Crippen molar-refractivity contribution in [3.05, 3.63) is 32.6 Å². The van der Waals surface area contributed by atoms with Gasteiger partial charge < -0.3 is 20.3 Å². The first-order chi connectivity index (χ1) is 12.0. The number of nitrogens with two attached hydrogens (primary N) is 1. The summed E-state index contributed by atoms with van der Waals surface area (Å²) in [6, 6.07) is 0. The molecule has 0 aromatic carbocycles. The van der Waals surface area contributed by atoms with E-state index in [9.17, 15) is 14.7 Å². The number of aromatic nitrogens is 2. The number of aromatic amines is 1. The number of aryl methyl sites for hydroxylation is 1. The van der Waals surface area contributed by atoms with Gasteiger partial charge in [0.2, 0.25) is 0 Å². The predicted octanol–water partition coefficient (Wildman–Crippen LogP) is 0.418. The van der Waals surface area contributed by atoms with Crippen LogP contribution in [0.25, 0.3) is 0 Å². The van der Waals surface area contributed by atoms with Crippen LogP contribution in [0, 0.1) is 6.92 Å². The second-order valence-electron chi connectivity index (χ2n) is 6.48. The fraction of sp³-hybridized carbons (Fsp3) is 0.765. The number of unbranched alkanes of at least 4 members (excludes halogenated alkanes) is 3. The maximum Gasteiger partial charge on any atom is 0.330 e. The molecular weight excluding hydrogens is 326 g/mol. The predicted molar refractivity (Wildman–Crippen MR) is 93.5 cm³/mol. The summed E-state index contributed by atoms with van der Waals surface area (Å²) >= 11 is 0. The number of nitrogens with zero attached hydrogens (tertiary/aromatic N) is 1. The fourth-order valence-corrected chi connectivity index (χ4v) is 3.08. The van der Waals surface area contributed by atoms with Crippen LogP contribution >= 0.6 is 0 Å². The van der Waals surface area contributed by atoms with E-state index in [4.69, 9.17) is 15.2 Å². The zero-order chi connectivity index (χ0) is 18.4. The molecule has 1 aliphatic rings. The van der Waals surface area contributed by atoms with Crippen molar-refractivity contribution < 1.29 is 14.6 Å². The number of rotatable bonds is 9. The lowest BCUT2D eigenvalue weighted by Gasteiger charge is -2.20. The third-order valence-corrected chi connectivity index (χ3v) is 4.54. The molecule has 1 saturated heterocycles. The topological polar surface area (TPSA) is 120 Å². The van der Waals surface area contributed by atoms with Gasteiger partial charge in [-0.15, -0.1) is 0 Å². The summed E-state index contributed by atoms with van der Waals surface area (Å²) < 4.78 is 12.9. The van der Waals surface area contributed by atoms with Gasteiger partial charge in [-0.2, -0.15) is 0 Å². The molecule has 2 rings (SSSR count). The van der Waals surface area contributed by atoms with E-state index in [1.54, 1.807) is 6.92 Å². The van der Waals surface area contributed by atoms with Crippen LogP contribution in [0.4, 0.5) is 0 Å². The molecule has 1 unspecified atom stereocenters. The van der Waals surface area contributed by atoms with Crippen LogP contribution in [0.1, 0.15) is 50.8 Å². The highest BCUT2D eigenvalue weighted by atomic mass is 16.6. The monoisotopic (exact) mass is 355 g/mol. The van der Waals surface area contributed by atoms with Crippen LogP contribution in [0.15, 0.2) is 15.8 Å². The van der Waals surface area contributed by atoms with Crippen LogP contribution in [0.3, 0.4) is 0 Å². The summed E-state index contributed by atoms with van der Waals surface area (Å²) in [5, 5.41) is 10.6. The van der Waals surface area contributed by atoms with Gasteiger partial charge in [0.15, 0.2) is 6.23 Å². The Morgan fingerprint density at radius 2 is 2.04 bits per heavy atom. The molecule has 2 heterocycles. The molecule has 4 N–H and O–H groups in total. The fourth-order valence-electron chi connectivity index (χ4n) is 3.08. The van der Waals surface area contributed by atoms with E-state index >= 15 is 0 Å². The minimum absolute atomic E-state index is 0.303. The summed E-state index contributed by atoms with van der Waals surface area (Å²) in [5.74, 6) is 0. The average Bonchev–Trinajstić information content (AvgIpc) is 2.90. The van der Waals surface area contributed by atoms with Gasteiger partial charge in [-0.25, -0.2) is 4.79 Å². The quantitative estimate of drug-likeness (QED) is 0.552. The zero-order valence-electron chi connectivity index (χ0n) is 14.9. The second-order valence-corrected chi connectivity index (χ2v) is 6.48. The van der Waals surface area contributed by atoms with Crippen molar-refractivity contribution >= 4 is 0 Å². The molecule has 8 nitrogen and oxygen atoms in total. The SMILES string of the molecule is CC[C@H]1O[C@@H](n2cc(C)c(=O)[nH]c2=O)C(O)[C@H]1OCCCCCCN. The molecule has 0 saturated carbocycles. The van der Waals surface area contributed by atoms with Crippen LogP contribution in [0.5, 0.6) is 0 Å². The molecule has 0 aliphatic carbocycles. The molecule has 1 aliphatic heterocycles. The van der Waals surface area contributed by atoms with E-state index in [2.05, 4.69) is 4.98 Å². The van der Waals surface area contributed by atoms with Crippen molar-refractivity contribution in [1.29, 1.82) is 0 Å². The van der Waals surface area contributed by atoms with Crippen molar-refractivity contribution in [1.82, 2.24) is 9.55 Å². The summed E-state index contributed by atoms with van der Waals surface area (Å²) in [5.41, 5.74) is 4.81. The maximum absolute atomic E-state index is 12.1. The Labute approximate surface area is 147 Å². The largest absolute Gasteiger partial charge is 0.386 e. The Morgan fingerprint density at radius 1 is 1.32 bits per heavy atom. The van der Waals surface area contributed by atoms with Crippen molar-refractivity contribution in [2.45, 2.75) is 70.5 Å². The lowest BCUT2D eigenvalue weighted by atomic mass is 10.1. The molecule has 8 heteroatoms. The Balaban J connectivity index is 2.02. The number of aliphatic hydroxyl groups is 1. The highest BCUT2D eigenvalue weighted by molar-refractivity contribution is 5.03. The third-order valence-electron chi connectivity index (χ3n) is 4.54. The van der Waals surface area contributed by atoms with Gasteiger partial charge in [0, 0.05) is 18.4 Å². The molecule has 25 heavy (non-hydrogen) atoms. The molecule has 4 atom stereocenters. The first-order valence-corrected chi connectivity index (χ1v) is 8.96. The van der Waals surface area contributed by atoms with Crippen molar-refractivity contribution in [3.8, 4) is 0 Å². The van der Waals surface area contributed by atoms with Gasteiger partial charge >= 0.3 is 5.69 Å². The average molecular weight is 355 g/mol. The van der Waals surface area contributed by atoms with E-state index in [0.29, 0.717) is 25.1 Å². The lowest BCUT2D eigenvalue weighted by molar-refractivity contribution is -0.0413. The van der Waals surface area contributed by atoms with Crippen LogP contribution in [0.2, 0.25) is 0 Å². The highest BCUT2D eigenvalue weighted by Crippen LogP contribution is 2.32. The Bertz CT molecular complexity index is 656. The standard InChI is InChI=1S/C17H29N3O5/c1-3-12-14(24-9-7-5-4-6-8-18)13(21)16(25-12)20-10-11(2)15(22)19-17(20)23/h10,12-14,16,21H,3-9,18H2,1-2H3,(H,19,22,23)/t12-,13?,14+,16-/m1/s1. The zero-order valence-corrected chi connectivity index (χ0v) is 14.9. The van der Waals surface area contributed by atoms with Crippen LogP contribution in [-0.4, -0.2) is 46.1 Å². The smallest absolute Gasteiger partial charge is 0.330 e. The van der Waals surface area contributed by atoms with Crippen molar-refractivity contribution in [3.63, 3.8) is 0 Å². The van der Waals surface area contributed by atoms with Crippen LogP contribution in [-0.2, 0) is 9.47 Å². The van der Waals surface area contributed by atoms with Gasteiger partial charge in [0.1, 0.15) is 12.2 Å². The number of ether oxygens (including phenoxy) is 2. The van der Waals surface area contributed by atoms with Gasteiger partial charge in [0.05, 0.1) is 6.10 Å². The number of nitrogens with one attached hydrogen (secondary N) is 1. The Hall–Kier alpha value is -1.48. The van der Waals surface area contributed by atoms with E-state index in [0.717, 1.165) is 25.7 Å². The minimum atomic E-state index is -0.975. The number of hydrogen-bond donors (Lipinski definition) is 3. The summed E-state index contributed by atoms with van der Waals surface area (Å²) in [4.78, 5) is 25.8. The molecule has 0 amide bonds. The lowest BCUT2D eigenvalue weighted by Crippen LogP contribution is -2.39. The molecule has 0 bridgehead atoms. The first kappa shape index (κ1) is 19.8. The number of aliphatic hydroxyl groups excluding tert-OH is 1. The molecule has 1 aromatic rings. The van der Waals surface area contributed by atoms with Crippen molar-refractivity contribution in [2.24, 2.45) is 5.73 Å². The van der Waals surface area contributed by atoms with Crippen LogP contribution < -0.4 is 17.0 Å². The second kappa shape index (κ2) is 9.28. The Morgan fingerprint density at radius 3 is 2.72 bits per heavy atom. The van der Waals surface area contributed by atoms with Gasteiger partial charge in [-0.3, -0.25) is 14.3 Å². The first-order valence-electron chi connectivity index (χ1n) is 8.96. The van der Waals surface area contributed by atoms with Crippen molar-refractivity contribution in [2.75, 3.05) is 13.2 Å². The Kier molecular flexibility index (Phi) is 7.37. The minimum Gasteiger partial charge on any atom is -0.386 e. The van der Waals surface area contributed by atoms with E-state index in [1.807, 2.05) is 6.92 Å². The van der Waals surface area contributed by atoms with E-state index in [-0.39, 0.29) is 6.10 Å². The highest BCUT2D eigenvalue weighted by Gasteiger charge is 2.44. The molecule has 1 fully saturated rings. The number of H-pyrrole nitrogens is 1. The normalized spacial score (nSPS) is 26.2. The molecular formula is C17H29N3O5. The third kappa shape index (κ3) is 4.78. The summed E-state index contributed by atoms with van der Waals surface area (Å²) in [7, 11) is 0. The molecule has 142 valence electrons.